The summed E-state index contributed by atoms with van der Waals surface area (Å²) in [5.41, 5.74) is 10.1. The molecule has 0 aliphatic heterocycles. The summed E-state index contributed by atoms with van der Waals surface area (Å²) in [5.74, 6) is 0.384. The Morgan fingerprint density at radius 2 is 1.68 bits per heavy atom. The maximum atomic E-state index is 12.3. The first-order valence-corrected chi connectivity index (χ1v) is 9.84. The van der Waals surface area contributed by atoms with Crippen molar-refractivity contribution in [1.82, 2.24) is 15.0 Å². The quantitative estimate of drug-likeness (QED) is 0.393. The van der Waals surface area contributed by atoms with E-state index in [4.69, 9.17) is 10.5 Å². The van der Waals surface area contributed by atoms with E-state index in [1.54, 1.807) is 25.1 Å². The van der Waals surface area contributed by atoms with Gasteiger partial charge in [0.1, 0.15) is 12.0 Å². The van der Waals surface area contributed by atoms with Crippen LogP contribution in [-0.4, -0.2) is 27.5 Å². The summed E-state index contributed by atoms with van der Waals surface area (Å²) in [7, 11) is 0. The molecule has 0 fully saturated rings. The first kappa shape index (κ1) is 20.1. The number of carbonyl (C=O) groups excluding carboxylic acids is 1. The molecule has 2 aromatic heterocycles. The van der Waals surface area contributed by atoms with Gasteiger partial charge in [0.2, 0.25) is 0 Å². The van der Waals surface area contributed by atoms with Crippen molar-refractivity contribution in [3.63, 3.8) is 0 Å². The molecule has 2 aromatic carbocycles. The summed E-state index contributed by atoms with van der Waals surface area (Å²) in [4.78, 5) is 25.4. The number of fused-ring (bicyclic) bond motifs is 1. The lowest BCUT2D eigenvalue weighted by Crippen LogP contribution is -2.10. The number of aromatic nitrogens is 3. The van der Waals surface area contributed by atoms with Gasteiger partial charge in [-0.1, -0.05) is 30.3 Å². The smallest absolute Gasteiger partial charge is 0.340 e. The molecule has 2 heterocycles. The van der Waals surface area contributed by atoms with E-state index < -0.39 is 5.97 Å². The average molecular weight is 414 g/mol. The molecule has 0 atom stereocenters. The van der Waals surface area contributed by atoms with Crippen LogP contribution < -0.4 is 16.4 Å². The minimum Gasteiger partial charge on any atom is -0.462 e. The van der Waals surface area contributed by atoms with Crippen molar-refractivity contribution < 1.29 is 9.53 Å². The summed E-state index contributed by atoms with van der Waals surface area (Å²) < 4.78 is 5.13. The summed E-state index contributed by atoms with van der Waals surface area (Å²) in [6.07, 6.45) is 1.40. The lowest BCUT2D eigenvalue weighted by Gasteiger charge is -2.15. The van der Waals surface area contributed by atoms with E-state index in [2.05, 4.69) is 25.6 Å². The highest BCUT2D eigenvalue weighted by Crippen LogP contribution is 2.31. The van der Waals surface area contributed by atoms with Gasteiger partial charge >= 0.3 is 5.97 Å². The minimum atomic E-state index is -0.422. The minimum absolute atomic E-state index is 0.287. The number of pyridine rings is 1. The van der Waals surface area contributed by atoms with Gasteiger partial charge in [0.15, 0.2) is 11.6 Å². The van der Waals surface area contributed by atoms with Gasteiger partial charge in [-0.3, -0.25) is 4.98 Å². The van der Waals surface area contributed by atoms with E-state index in [0.29, 0.717) is 28.6 Å². The number of benzene rings is 2. The topological polar surface area (TPSA) is 115 Å². The highest BCUT2D eigenvalue weighted by atomic mass is 16.5. The highest BCUT2D eigenvalue weighted by molar-refractivity contribution is 5.97. The molecule has 4 rings (SSSR count). The lowest BCUT2D eigenvalue weighted by molar-refractivity contribution is 0.0527. The number of hydrogen-bond acceptors (Lipinski definition) is 8. The molecule has 0 radical (unpaired) electrons. The van der Waals surface area contributed by atoms with Crippen molar-refractivity contribution in [2.45, 2.75) is 13.8 Å². The molecule has 156 valence electrons. The number of nitrogens with zero attached hydrogens (tertiary/aromatic N) is 3. The number of para-hydroxylation sites is 2. The van der Waals surface area contributed by atoms with Crippen LogP contribution in [0.4, 0.5) is 28.7 Å². The third-order valence-electron chi connectivity index (χ3n) is 4.67. The summed E-state index contributed by atoms with van der Waals surface area (Å²) in [5, 5.41) is 7.38. The van der Waals surface area contributed by atoms with Gasteiger partial charge < -0.3 is 21.1 Å². The first-order chi connectivity index (χ1) is 15.1. The number of nitrogens with two attached hydrogens (primary N) is 1. The van der Waals surface area contributed by atoms with Crippen LogP contribution in [0.1, 0.15) is 23.0 Å². The van der Waals surface area contributed by atoms with Crippen LogP contribution >= 0.6 is 0 Å². The molecule has 0 unspecified atom stereocenters. The Kier molecular flexibility index (Phi) is 5.61. The second kappa shape index (κ2) is 8.66. The predicted molar refractivity (Wildman–Crippen MR) is 122 cm³/mol. The van der Waals surface area contributed by atoms with Gasteiger partial charge in [-0.05, 0) is 38.1 Å². The Hall–Kier alpha value is -4.20. The number of hydrogen-bond donors (Lipinski definition) is 3. The van der Waals surface area contributed by atoms with Gasteiger partial charge in [0.25, 0.3) is 0 Å². The van der Waals surface area contributed by atoms with Crippen LogP contribution in [0.2, 0.25) is 0 Å². The van der Waals surface area contributed by atoms with E-state index in [1.165, 1.54) is 6.33 Å². The van der Waals surface area contributed by atoms with Crippen LogP contribution in [0.25, 0.3) is 10.9 Å². The SMILES string of the molecule is CCOC(=O)c1ccccc1Nc1ncnc(Nc2cccc3ccc(C)nc23)c1N. The number of carbonyl (C=O) groups is 1. The van der Waals surface area contributed by atoms with E-state index in [0.717, 1.165) is 22.3 Å². The van der Waals surface area contributed by atoms with Crippen LogP contribution in [0, 0.1) is 6.92 Å². The molecular weight excluding hydrogens is 392 g/mol. The Labute approximate surface area is 179 Å². The van der Waals surface area contributed by atoms with Gasteiger partial charge in [0, 0.05) is 11.1 Å². The summed E-state index contributed by atoms with van der Waals surface area (Å²) in [6, 6.07) is 16.9. The monoisotopic (exact) mass is 414 g/mol. The highest BCUT2D eigenvalue weighted by Gasteiger charge is 2.15. The first-order valence-electron chi connectivity index (χ1n) is 9.84. The molecular formula is C23H22N6O2. The Bertz CT molecular complexity index is 1260. The second-order valence-corrected chi connectivity index (χ2v) is 6.83. The number of nitrogens with one attached hydrogen (secondary N) is 2. The van der Waals surface area contributed by atoms with Crippen molar-refractivity contribution in [3.05, 3.63) is 72.2 Å². The van der Waals surface area contributed by atoms with Crippen molar-refractivity contribution in [2.75, 3.05) is 23.0 Å². The van der Waals surface area contributed by atoms with Crippen molar-refractivity contribution >= 4 is 45.6 Å². The number of anilines is 5. The van der Waals surface area contributed by atoms with Crippen molar-refractivity contribution in [1.29, 1.82) is 0 Å². The standard InChI is InChI=1S/C23H22N6O2/c1-3-31-23(30)16-8-4-5-9-17(16)28-21-19(24)22(26-13-25-21)29-18-10-6-7-15-12-11-14(2)27-20(15)18/h4-13H,3,24H2,1-2H3,(H2,25,26,28,29). The van der Waals surface area contributed by atoms with Gasteiger partial charge in [-0.15, -0.1) is 0 Å². The zero-order valence-corrected chi connectivity index (χ0v) is 17.2. The molecule has 0 saturated heterocycles. The maximum absolute atomic E-state index is 12.3. The molecule has 0 bridgehead atoms. The van der Waals surface area contributed by atoms with E-state index in [1.807, 2.05) is 43.3 Å². The molecule has 31 heavy (non-hydrogen) atoms. The number of aryl methyl sites for hydroxylation is 1. The number of ether oxygens (including phenoxy) is 1. The maximum Gasteiger partial charge on any atom is 0.340 e. The zero-order chi connectivity index (χ0) is 21.8. The predicted octanol–water partition coefficient (Wildman–Crippen LogP) is 4.58. The van der Waals surface area contributed by atoms with E-state index >= 15 is 0 Å². The Balaban J connectivity index is 1.67. The third-order valence-corrected chi connectivity index (χ3v) is 4.67. The molecule has 0 saturated carbocycles. The van der Waals surface area contributed by atoms with E-state index in [-0.39, 0.29) is 6.61 Å². The van der Waals surface area contributed by atoms with Crippen molar-refractivity contribution in [2.24, 2.45) is 0 Å². The molecule has 0 spiro atoms. The van der Waals surface area contributed by atoms with Crippen LogP contribution in [0.15, 0.2) is 60.9 Å². The number of rotatable bonds is 6. The number of nitrogen functional groups attached to an aromatic ring is 1. The van der Waals surface area contributed by atoms with E-state index in [9.17, 15) is 4.79 Å². The van der Waals surface area contributed by atoms with Crippen LogP contribution in [-0.2, 0) is 4.74 Å². The van der Waals surface area contributed by atoms with Gasteiger partial charge in [0.05, 0.1) is 29.1 Å². The van der Waals surface area contributed by atoms with Crippen molar-refractivity contribution in [3.8, 4) is 0 Å². The molecule has 8 nitrogen and oxygen atoms in total. The average Bonchev–Trinajstić information content (AvgIpc) is 2.77. The Morgan fingerprint density at radius 3 is 2.45 bits per heavy atom. The molecule has 8 heteroatoms. The summed E-state index contributed by atoms with van der Waals surface area (Å²) in [6.45, 7) is 3.99. The molecule has 0 amide bonds. The third kappa shape index (κ3) is 4.23. The molecule has 4 aromatic rings. The number of esters is 1. The largest absolute Gasteiger partial charge is 0.462 e. The molecule has 0 aliphatic carbocycles. The fraction of sp³-hybridized carbons (Fsp3) is 0.130. The van der Waals surface area contributed by atoms with Crippen LogP contribution in [0.3, 0.4) is 0 Å². The van der Waals surface area contributed by atoms with Gasteiger partial charge in [-0.25, -0.2) is 14.8 Å². The molecule has 0 aliphatic rings. The fourth-order valence-corrected chi connectivity index (χ4v) is 3.17. The Morgan fingerprint density at radius 1 is 0.968 bits per heavy atom. The van der Waals surface area contributed by atoms with Gasteiger partial charge in [-0.2, -0.15) is 0 Å². The fourth-order valence-electron chi connectivity index (χ4n) is 3.17. The normalized spacial score (nSPS) is 10.6. The van der Waals surface area contributed by atoms with Crippen LogP contribution in [0.5, 0.6) is 0 Å². The lowest BCUT2D eigenvalue weighted by atomic mass is 10.1. The summed E-state index contributed by atoms with van der Waals surface area (Å²) >= 11 is 0. The zero-order valence-electron chi connectivity index (χ0n) is 17.2. The molecule has 4 N–H and O–H groups in total. The second-order valence-electron chi connectivity index (χ2n) is 6.83.